The van der Waals surface area contributed by atoms with Gasteiger partial charge in [0.05, 0.1) is 17.4 Å². The number of hydrogen-bond acceptors (Lipinski definition) is 7. The highest BCUT2D eigenvalue weighted by Gasteiger charge is 2.35. The van der Waals surface area contributed by atoms with Crippen molar-refractivity contribution in [3.8, 4) is 28.3 Å². The average molecular weight is 682 g/mol. The van der Waals surface area contributed by atoms with Crippen LogP contribution in [0.1, 0.15) is 86.3 Å². The van der Waals surface area contributed by atoms with Crippen molar-refractivity contribution < 1.29 is 24.2 Å². The van der Waals surface area contributed by atoms with Gasteiger partial charge in [0.25, 0.3) is 0 Å². The first-order valence-electron chi connectivity index (χ1n) is 17.3. The second kappa shape index (κ2) is 16.4. The zero-order valence-corrected chi connectivity index (χ0v) is 29.8. The normalized spacial score (nSPS) is 15.3. The highest BCUT2D eigenvalue weighted by Crippen LogP contribution is 2.32. The highest BCUT2D eigenvalue weighted by molar-refractivity contribution is 7.14. The van der Waals surface area contributed by atoms with Crippen LogP contribution in [0.25, 0.3) is 22.5 Å². The number of aliphatic carboxylic acids is 1. The molecule has 4 aromatic rings. The number of rotatable bonds is 15. The third-order valence-electron chi connectivity index (χ3n) is 9.05. The van der Waals surface area contributed by atoms with Crippen LogP contribution in [0.15, 0.2) is 73.1 Å². The number of amides is 1. The van der Waals surface area contributed by atoms with Crippen LogP contribution in [0.4, 0.5) is 0 Å². The lowest BCUT2D eigenvalue weighted by Gasteiger charge is -2.23. The number of thiophene rings is 1. The van der Waals surface area contributed by atoms with E-state index in [0.717, 1.165) is 45.9 Å². The predicted molar refractivity (Wildman–Crippen MR) is 194 cm³/mol. The Hall–Kier alpha value is -4.37. The lowest BCUT2D eigenvalue weighted by molar-refractivity contribution is -0.141. The number of carboxylic acids is 1. The van der Waals surface area contributed by atoms with E-state index >= 15 is 0 Å². The molecule has 0 radical (unpaired) electrons. The topological polar surface area (TPSA) is 110 Å². The smallest absolute Gasteiger partial charge is 0.308 e. The number of ketones is 1. The number of Topliss-reactive ketones (excluding diaryl/α,β-unsaturated/α-hetero) is 1. The van der Waals surface area contributed by atoms with E-state index in [4.69, 9.17) is 4.74 Å². The van der Waals surface area contributed by atoms with Crippen molar-refractivity contribution >= 4 is 29.0 Å². The van der Waals surface area contributed by atoms with E-state index < -0.39 is 17.8 Å². The molecule has 1 aliphatic heterocycles. The molecule has 1 amide bonds. The molecule has 0 saturated carbocycles. The summed E-state index contributed by atoms with van der Waals surface area (Å²) in [4.78, 5) is 51.4. The van der Waals surface area contributed by atoms with E-state index in [9.17, 15) is 19.5 Å². The molecule has 0 unspecified atom stereocenters. The van der Waals surface area contributed by atoms with Crippen molar-refractivity contribution in [1.29, 1.82) is 0 Å². The van der Waals surface area contributed by atoms with Gasteiger partial charge in [-0.3, -0.25) is 14.4 Å². The summed E-state index contributed by atoms with van der Waals surface area (Å²) in [7, 11) is 0. The summed E-state index contributed by atoms with van der Waals surface area (Å²) in [6.45, 7) is 9.82. The zero-order chi connectivity index (χ0) is 35.0. The molecule has 2 atom stereocenters. The van der Waals surface area contributed by atoms with Crippen LogP contribution >= 0.6 is 11.3 Å². The van der Waals surface area contributed by atoms with Gasteiger partial charge < -0.3 is 14.7 Å². The highest BCUT2D eigenvalue weighted by atomic mass is 32.1. The SMILES string of the molecule is CCCCCCOc1ccc(-c2cnc(-c3ccc(C[C@H](CC(=O)c4ccc(C(C)(C)C)s4)C(=O)N4CC[C@H](C(=O)O)C4)cc3)nc2)cc1. The predicted octanol–water partition coefficient (Wildman–Crippen LogP) is 8.49. The van der Waals surface area contributed by atoms with Gasteiger partial charge in [0.1, 0.15) is 5.75 Å². The van der Waals surface area contributed by atoms with Crippen LogP contribution in [-0.4, -0.2) is 57.3 Å². The molecular weight excluding hydrogens is 635 g/mol. The van der Waals surface area contributed by atoms with Crippen LogP contribution in [0.5, 0.6) is 5.75 Å². The molecule has 8 nitrogen and oxygen atoms in total. The average Bonchev–Trinajstić information content (AvgIpc) is 3.80. The molecule has 1 fully saturated rings. The second-order valence-corrected chi connectivity index (χ2v) is 15.1. The quantitative estimate of drug-likeness (QED) is 0.0990. The fourth-order valence-corrected chi connectivity index (χ4v) is 7.06. The summed E-state index contributed by atoms with van der Waals surface area (Å²) in [5, 5.41) is 9.49. The van der Waals surface area contributed by atoms with E-state index in [1.165, 1.54) is 30.6 Å². The van der Waals surface area contributed by atoms with E-state index in [2.05, 4.69) is 37.7 Å². The Morgan fingerprint density at radius 2 is 1.61 bits per heavy atom. The van der Waals surface area contributed by atoms with E-state index in [1.807, 2.05) is 73.1 Å². The van der Waals surface area contributed by atoms with Crippen molar-refractivity contribution in [3.63, 3.8) is 0 Å². The van der Waals surface area contributed by atoms with Gasteiger partial charge in [-0.1, -0.05) is 83.4 Å². The van der Waals surface area contributed by atoms with E-state index in [0.29, 0.717) is 30.1 Å². The summed E-state index contributed by atoms with van der Waals surface area (Å²) in [5.41, 5.74) is 3.61. The lowest BCUT2D eigenvalue weighted by Crippen LogP contribution is -2.37. The fraction of sp³-hybridized carbons (Fsp3) is 0.425. The van der Waals surface area contributed by atoms with Crippen molar-refractivity contribution in [3.05, 3.63) is 88.4 Å². The molecule has 1 saturated heterocycles. The maximum atomic E-state index is 13.7. The molecule has 1 aliphatic rings. The van der Waals surface area contributed by atoms with Crippen LogP contribution in [0.3, 0.4) is 0 Å². The number of aromatic nitrogens is 2. The van der Waals surface area contributed by atoms with Crippen LogP contribution < -0.4 is 4.74 Å². The first-order chi connectivity index (χ1) is 23.5. The zero-order valence-electron chi connectivity index (χ0n) is 29.0. The maximum Gasteiger partial charge on any atom is 0.308 e. The third-order valence-corrected chi connectivity index (χ3v) is 10.6. The molecule has 5 rings (SSSR count). The Morgan fingerprint density at radius 3 is 2.22 bits per heavy atom. The minimum absolute atomic E-state index is 0.0650. The van der Waals surface area contributed by atoms with Gasteiger partial charge in [-0.25, -0.2) is 9.97 Å². The number of carboxylic acid groups (broad SMARTS) is 1. The fourth-order valence-electron chi connectivity index (χ4n) is 6.05. The molecule has 0 bridgehead atoms. The Labute approximate surface area is 293 Å². The Balaban J connectivity index is 1.25. The molecular formula is C40H47N3O5S. The van der Waals surface area contributed by atoms with Crippen molar-refractivity contribution in [1.82, 2.24) is 14.9 Å². The number of likely N-dealkylation sites (tertiary alicyclic amines) is 1. The van der Waals surface area contributed by atoms with Gasteiger partial charge in [0.15, 0.2) is 11.6 Å². The van der Waals surface area contributed by atoms with Gasteiger partial charge in [0, 0.05) is 53.8 Å². The molecule has 2 aromatic heterocycles. The second-order valence-electron chi connectivity index (χ2n) is 14.0. The molecule has 9 heteroatoms. The van der Waals surface area contributed by atoms with Gasteiger partial charge >= 0.3 is 5.97 Å². The number of hydrogen-bond donors (Lipinski definition) is 1. The number of benzene rings is 2. The van der Waals surface area contributed by atoms with Crippen molar-refractivity contribution in [2.75, 3.05) is 19.7 Å². The molecule has 258 valence electrons. The monoisotopic (exact) mass is 681 g/mol. The summed E-state index contributed by atoms with van der Waals surface area (Å²) in [6.07, 6.45) is 9.18. The summed E-state index contributed by atoms with van der Waals surface area (Å²) >= 11 is 1.48. The largest absolute Gasteiger partial charge is 0.494 e. The van der Waals surface area contributed by atoms with Crippen LogP contribution in [0.2, 0.25) is 0 Å². The minimum atomic E-state index is -0.891. The van der Waals surface area contributed by atoms with Gasteiger partial charge in [-0.05, 0) is 60.1 Å². The van der Waals surface area contributed by atoms with Crippen LogP contribution in [0, 0.1) is 11.8 Å². The van der Waals surface area contributed by atoms with Crippen LogP contribution in [-0.2, 0) is 21.4 Å². The minimum Gasteiger partial charge on any atom is -0.494 e. The van der Waals surface area contributed by atoms with Crippen molar-refractivity contribution in [2.24, 2.45) is 11.8 Å². The molecule has 2 aromatic carbocycles. The number of carbonyl (C=O) groups excluding carboxylic acids is 2. The molecule has 1 N–H and O–H groups in total. The third kappa shape index (κ3) is 9.63. The Bertz CT molecular complexity index is 1710. The molecule has 0 aliphatic carbocycles. The Morgan fingerprint density at radius 1 is 0.918 bits per heavy atom. The number of unbranched alkanes of at least 4 members (excludes halogenated alkanes) is 3. The molecule has 3 heterocycles. The standard InChI is InChI=1S/C40H47N3O5S/c1-5-6-7-8-21-48-33-15-13-28(14-16-33)32-24-41-37(42-25-32)29-11-9-27(10-12-29)22-31(38(45)43-20-19-30(26-43)39(46)47)23-34(44)35-17-18-36(49-35)40(2,3)4/h9-18,24-25,30-31H,5-8,19-23,26H2,1-4H3,(H,46,47)/t30-,31+/m0/s1. The maximum absolute atomic E-state index is 13.7. The molecule has 0 spiro atoms. The number of nitrogens with zero attached hydrogens (tertiary/aromatic N) is 3. The van der Waals surface area contributed by atoms with E-state index in [1.54, 1.807) is 4.90 Å². The molecule has 49 heavy (non-hydrogen) atoms. The lowest BCUT2D eigenvalue weighted by atomic mass is 9.92. The summed E-state index contributed by atoms with van der Waals surface area (Å²) < 4.78 is 5.87. The van der Waals surface area contributed by atoms with Crippen molar-refractivity contribution in [2.45, 2.75) is 78.1 Å². The van der Waals surface area contributed by atoms with Gasteiger partial charge in [-0.2, -0.15) is 0 Å². The number of carbonyl (C=O) groups is 3. The van der Waals surface area contributed by atoms with Gasteiger partial charge in [0.2, 0.25) is 5.91 Å². The first kappa shape index (κ1) is 35.9. The van der Waals surface area contributed by atoms with E-state index in [-0.39, 0.29) is 30.1 Å². The summed E-state index contributed by atoms with van der Waals surface area (Å²) in [5.74, 6) is -0.845. The number of ether oxygens (including phenoxy) is 1. The summed E-state index contributed by atoms with van der Waals surface area (Å²) in [6, 6.07) is 19.6. The van der Waals surface area contributed by atoms with Gasteiger partial charge in [-0.15, -0.1) is 11.3 Å². The first-order valence-corrected chi connectivity index (χ1v) is 18.1. The Kier molecular flexibility index (Phi) is 12.0.